The third kappa shape index (κ3) is 4.44. The Morgan fingerprint density at radius 3 is 2.10 bits per heavy atom. The second-order valence-corrected chi connectivity index (χ2v) is 7.27. The Balaban J connectivity index is 1.80. The van der Waals surface area contributed by atoms with E-state index < -0.39 is 0 Å². The number of hydrogen-bond acceptors (Lipinski definition) is 1. The van der Waals surface area contributed by atoms with Crippen LogP contribution in [0.4, 0.5) is 4.39 Å². The average molecular weight is 408 g/mol. The van der Waals surface area contributed by atoms with E-state index in [1.54, 1.807) is 12.1 Å². The molecule has 4 aromatic rings. The summed E-state index contributed by atoms with van der Waals surface area (Å²) in [7, 11) is 0. The van der Waals surface area contributed by atoms with Crippen LogP contribution in [0, 0.1) is 11.9 Å². The van der Waals surface area contributed by atoms with Crippen molar-refractivity contribution in [1.29, 1.82) is 0 Å². The van der Waals surface area contributed by atoms with Crippen LogP contribution in [0.5, 0.6) is 5.75 Å². The van der Waals surface area contributed by atoms with Gasteiger partial charge in [-0.15, -0.1) is 6.58 Å². The molecule has 0 saturated carbocycles. The van der Waals surface area contributed by atoms with Gasteiger partial charge in [-0.2, -0.15) is 0 Å². The maximum absolute atomic E-state index is 15.6. The first kappa shape index (κ1) is 20.6. The normalized spacial score (nSPS) is 10.6. The van der Waals surface area contributed by atoms with Crippen LogP contribution in [0.15, 0.2) is 97.6 Å². The Hall–Kier alpha value is -3.65. The molecule has 2 heteroatoms. The van der Waals surface area contributed by atoms with E-state index in [1.807, 2.05) is 61.5 Å². The van der Waals surface area contributed by atoms with E-state index in [-0.39, 0.29) is 5.82 Å². The zero-order valence-corrected chi connectivity index (χ0v) is 17.6. The van der Waals surface area contributed by atoms with Crippen LogP contribution in [0.3, 0.4) is 0 Å². The van der Waals surface area contributed by atoms with Gasteiger partial charge < -0.3 is 4.74 Å². The fourth-order valence-corrected chi connectivity index (χ4v) is 3.71. The molecule has 0 atom stereocenters. The zero-order valence-electron chi connectivity index (χ0n) is 17.6. The van der Waals surface area contributed by atoms with Crippen molar-refractivity contribution in [2.75, 3.05) is 6.61 Å². The molecule has 1 nitrogen and oxygen atoms in total. The SMILES string of the molecule is C=CCc1c[c]c(-c2ccc(-c3ccccc3)cc2)c(-c2ccc(OCC)cc2)c1F. The summed E-state index contributed by atoms with van der Waals surface area (Å²) in [6.45, 7) is 6.29. The van der Waals surface area contributed by atoms with Crippen LogP contribution >= 0.6 is 0 Å². The van der Waals surface area contributed by atoms with Crippen LogP contribution in [0.2, 0.25) is 0 Å². The van der Waals surface area contributed by atoms with Gasteiger partial charge in [0.15, 0.2) is 0 Å². The van der Waals surface area contributed by atoms with Crippen LogP contribution < -0.4 is 4.74 Å². The van der Waals surface area contributed by atoms with Gasteiger partial charge in [-0.05, 0) is 65.4 Å². The maximum Gasteiger partial charge on any atom is 0.135 e. The average Bonchev–Trinajstić information content (AvgIpc) is 2.82. The van der Waals surface area contributed by atoms with Gasteiger partial charge in [0, 0.05) is 11.1 Å². The van der Waals surface area contributed by atoms with Gasteiger partial charge in [-0.25, -0.2) is 4.39 Å². The van der Waals surface area contributed by atoms with Gasteiger partial charge in [-0.1, -0.05) is 72.8 Å². The van der Waals surface area contributed by atoms with Crippen molar-refractivity contribution < 1.29 is 9.13 Å². The highest BCUT2D eigenvalue weighted by Gasteiger charge is 2.17. The molecule has 0 fully saturated rings. The highest BCUT2D eigenvalue weighted by molar-refractivity contribution is 5.85. The van der Waals surface area contributed by atoms with Crippen LogP contribution in [0.1, 0.15) is 12.5 Å². The molecule has 4 aromatic carbocycles. The molecular weight excluding hydrogens is 383 g/mol. The molecule has 31 heavy (non-hydrogen) atoms. The fraction of sp³-hybridized carbons (Fsp3) is 0.103. The third-order valence-electron chi connectivity index (χ3n) is 5.24. The predicted molar refractivity (Wildman–Crippen MR) is 127 cm³/mol. The van der Waals surface area contributed by atoms with E-state index in [0.717, 1.165) is 33.6 Å². The second-order valence-electron chi connectivity index (χ2n) is 7.27. The number of ether oxygens (including phenoxy) is 1. The van der Waals surface area contributed by atoms with Crippen LogP contribution in [-0.4, -0.2) is 6.61 Å². The summed E-state index contributed by atoms with van der Waals surface area (Å²) >= 11 is 0. The summed E-state index contributed by atoms with van der Waals surface area (Å²) in [6, 6.07) is 31.0. The number of rotatable bonds is 7. The Morgan fingerprint density at radius 1 is 0.839 bits per heavy atom. The molecule has 0 aliphatic heterocycles. The summed E-state index contributed by atoms with van der Waals surface area (Å²) in [4.78, 5) is 0. The predicted octanol–water partition coefficient (Wildman–Crippen LogP) is 7.75. The molecule has 0 N–H and O–H groups in total. The third-order valence-corrected chi connectivity index (χ3v) is 5.24. The number of halogens is 1. The molecular formula is C29H24FO. The van der Waals surface area contributed by atoms with Gasteiger partial charge in [0.05, 0.1) is 6.61 Å². The lowest BCUT2D eigenvalue weighted by Gasteiger charge is -2.15. The molecule has 0 heterocycles. The van der Waals surface area contributed by atoms with Crippen molar-refractivity contribution in [3.63, 3.8) is 0 Å². The molecule has 0 saturated heterocycles. The van der Waals surface area contributed by atoms with Crippen LogP contribution in [-0.2, 0) is 6.42 Å². The van der Waals surface area contributed by atoms with Crippen molar-refractivity contribution in [1.82, 2.24) is 0 Å². The summed E-state index contributed by atoms with van der Waals surface area (Å²) in [6.07, 6.45) is 2.17. The molecule has 0 aliphatic rings. The number of allylic oxidation sites excluding steroid dienone is 1. The maximum atomic E-state index is 15.6. The summed E-state index contributed by atoms with van der Waals surface area (Å²) in [5, 5.41) is 0. The van der Waals surface area contributed by atoms with E-state index in [4.69, 9.17) is 4.74 Å². The van der Waals surface area contributed by atoms with E-state index in [0.29, 0.717) is 24.2 Å². The van der Waals surface area contributed by atoms with Gasteiger partial charge in [0.1, 0.15) is 11.6 Å². The zero-order chi connectivity index (χ0) is 21.6. The topological polar surface area (TPSA) is 9.23 Å². The molecule has 0 aliphatic carbocycles. The van der Waals surface area contributed by atoms with E-state index >= 15 is 4.39 Å². The summed E-state index contributed by atoms with van der Waals surface area (Å²) < 4.78 is 21.1. The molecule has 0 aromatic heterocycles. The summed E-state index contributed by atoms with van der Waals surface area (Å²) in [5.41, 5.74) is 5.87. The first-order valence-corrected chi connectivity index (χ1v) is 10.4. The minimum atomic E-state index is -0.232. The lowest BCUT2D eigenvalue weighted by molar-refractivity contribution is 0.340. The Labute approximate surface area is 183 Å². The van der Waals surface area contributed by atoms with Crippen molar-refractivity contribution in [2.45, 2.75) is 13.3 Å². The van der Waals surface area contributed by atoms with Gasteiger partial charge in [0.2, 0.25) is 0 Å². The molecule has 1 radical (unpaired) electrons. The van der Waals surface area contributed by atoms with Crippen LogP contribution in [0.25, 0.3) is 33.4 Å². The smallest absolute Gasteiger partial charge is 0.135 e. The first-order chi connectivity index (χ1) is 15.2. The minimum Gasteiger partial charge on any atom is -0.494 e. The highest BCUT2D eigenvalue weighted by Crippen LogP contribution is 2.37. The fourth-order valence-electron chi connectivity index (χ4n) is 3.71. The van der Waals surface area contributed by atoms with Crippen molar-refractivity contribution in [3.05, 3.63) is 115 Å². The summed E-state index contributed by atoms with van der Waals surface area (Å²) in [5.74, 6) is 0.539. The van der Waals surface area contributed by atoms with Crippen molar-refractivity contribution in [3.8, 4) is 39.1 Å². The molecule has 0 bridgehead atoms. The van der Waals surface area contributed by atoms with E-state index in [9.17, 15) is 0 Å². The van der Waals surface area contributed by atoms with Crippen molar-refractivity contribution in [2.24, 2.45) is 0 Å². The lowest BCUT2D eigenvalue weighted by atomic mass is 9.90. The number of benzene rings is 4. The second kappa shape index (κ2) is 9.44. The van der Waals surface area contributed by atoms with E-state index in [1.165, 1.54) is 0 Å². The molecule has 0 unspecified atom stereocenters. The lowest BCUT2D eigenvalue weighted by Crippen LogP contribution is -1.97. The largest absolute Gasteiger partial charge is 0.494 e. The monoisotopic (exact) mass is 407 g/mol. The molecule has 153 valence electrons. The van der Waals surface area contributed by atoms with E-state index in [2.05, 4.69) is 36.9 Å². The molecule has 4 rings (SSSR count). The van der Waals surface area contributed by atoms with Gasteiger partial charge >= 0.3 is 0 Å². The van der Waals surface area contributed by atoms with Gasteiger partial charge in [-0.3, -0.25) is 0 Å². The highest BCUT2D eigenvalue weighted by atomic mass is 19.1. The minimum absolute atomic E-state index is 0.232. The van der Waals surface area contributed by atoms with Crippen molar-refractivity contribution >= 4 is 0 Å². The van der Waals surface area contributed by atoms with Gasteiger partial charge in [0.25, 0.3) is 0 Å². The Bertz CT molecular complexity index is 1160. The molecule has 0 spiro atoms. The standard InChI is InChI=1S/C29H24FO/c1-3-8-25-17-20-27(23-13-11-22(12-14-23)21-9-6-5-7-10-21)28(29(25)30)24-15-18-26(19-16-24)31-4-2/h3,5-7,9-19H,1,4,8H2,2H3. The quantitative estimate of drug-likeness (QED) is 0.285. The molecule has 0 amide bonds. The Kier molecular flexibility index (Phi) is 6.28. The Morgan fingerprint density at radius 2 is 1.45 bits per heavy atom. The first-order valence-electron chi connectivity index (χ1n) is 10.4. The number of hydrogen-bond donors (Lipinski definition) is 0.